The number of ether oxygens (including phenoxy) is 1. The van der Waals surface area contributed by atoms with Gasteiger partial charge in [0.25, 0.3) is 0 Å². The maximum atomic E-state index is 13.4. The molecule has 1 aliphatic heterocycles. The van der Waals surface area contributed by atoms with Crippen molar-refractivity contribution in [2.75, 3.05) is 12.4 Å². The van der Waals surface area contributed by atoms with E-state index in [1.807, 2.05) is 30.3 Å². The summed E-state index contributed by atoms with van der Waals surface area (Å²) in [4.78, 5) is 25.9. The Labute approximate surface area is 168 Å². The van der Waals surface area contributed by atoms with Crippen LogP contribution in [0.25, 0.3) is 0 Å². The van der Waals surface area contributed by atoms with Crippen LogP contribution < -0.4 is 5.32 Å². The normalized spacial score (nSPS) is 15.6. The van der Waals surface area contributed by atoms with Crippen LogP contribution in [0, 0.1) is 0 Å². The van der Waals surface area contributed by atoms with Gasteiger partial charge in [0.2, 0.25) is 5.95 Å². The topological polar surface area (TPSA) is 99.0 Å². The molecule has 1 aromatic heterocycles. The Bertz CT molecular complexity index is 1080. The number of aromatic nitrogens is 4. The van der Waals surface area contributed by atoms with Crippen LogP contribution in [0.1, 0.15) is 22.0 Å². The maximum absolute atomic E-state index is 13.4. The number of rotatable bonds is 4. The minimum absolute atomic E-state index is 0.0200. The van der Waals surface area contributed by atoms with Crippen LogP contribution in [0.15, 0.2) is 70.3 Å². The number of allylic oxidation sites excluding steroid dienone is 1. The molecule has 0 fully saturated rings. The monoisotopic (exact) mass is 439 g/mol. The first kappa shape index (κ1) is 18.1. The zero-order valence-electron chi connectivity index (χ0n) is 14.7. The zero-order valence-corrected chi connectivity index (χ0v) is 16.3. The van der Waals surface area contributed by atoms with Gasteiger partial charge in [0, 0.05) is 10.0 Å². The van der Waals surface area contributed by atoms with Gasteiger partial charge in [-0.15, -0.1) is 0 Å². The standard InChI is InChI=1S/C19H14BrN5O3/c1-28-18(27)15-14(17(26)12-5-3-2-4-6-12)16(11-7-9-13(20)10-8-11)25-19(21-15)22-23-24-25/h2-10,16H,1H3,(H,21,22,24). The van der Waals surface area contributed by atoms with Gasteiger partial charge in [-0.05, 0) is 28.1 Å². The number of nitrogens with zero attached hydrogens (tertiary/aromatic N) is 4. The van der Waals surface area contributed by atoms with Gasteiger partial charge < -0.3 is 10.1 Å². The summed E-state index contributed by atoms with van der Waals surface area (Å²) in [5.41, 5.74) is 1.42. The van der Waals surface area contributed by atoms with E-state index in [-0.39, 0.29) is 23.0 Å². The van der Waals surface area contributed by atoms with E-state index < -0.39 is 12.0 Å². The van der Waals surface area contributed by atoms with E-state index in [0.29, 0.717) is 5.56 Å². The summed E-state index contributed by atoms with van der Waals surface area (Å²) < 4.78 is 7.27. The van der Waals surface area contributed by atoms with Crippen molar-refractivity contribution < 1.29 is 14.3 Å². The first-order chi connectivity index (χ1) is 13.6. The molecular formula is C19H14BrN5O3. The molecule has 3 aromatic rings. The number of methoxy groups -OCH3 is 1. The van der Waals surface area contributed by atoms with Crippen molar-refractivity contribution in [3.8, 4) is 0 Å². The highest BCUT2D eigenvalue weighted by Crippen LogP contribution is 2.36. The molecule has 9 heteroatoms. The number of ketones is 1. The molecule has 28 heavy (non-hydrogen) atoms. The summed E-state index contributed by atoms with van der Waals surface area (Å²) in [7, 11) is 1.26. The zero-order chi connectivity index (χ0) is 19.7. The summed E-state index contributed by atoms with van der Waals surface area (Å²) in [6.07, 6.45) is 0. The van der Waals surface area contributed by atoms with Crippen LogP contribution in [0.2, 0.25) is 0 Å². The molecule has 1 unspecified atom stereocenters. The van der Waals surface area contributed by atoms with Crippen molar-refractivity contribution in [2.24, 2.45) is 0 Å². The largest absolute Gasteiger partial charge is 0.464 e. The van der Waals surface area contributed by atoms with E-state index in [2.05, 4.69) is 36.8 Å². The number of carbonyl (C=O) groups is 2. The minimum atomic E-state index is -0.693. The number of fused-ring (bicyclic) bond motifs is 1. The van der Waals surface area contributed by atoms with Crippen LogP contribution >= 0.6 is 15.9 Å². The quantitative estimate of drug-likeness (QED) is 0.492. The average Bonchev–Trinajstić information content (AvgIpc) is 3.21. The second kappa shape index (κ2) is 7.35. The third-order valence-electron chi connectivity index (χ3n) is 4.37. The Morgan fingerprint density at radius 1 is 1.11 bits per heavy atom. The van der Waals surface area contributed by atoms with Crippen LogP contribution in [0.4, 0.5) is 5.95 Å². The summed E-state index contributed by atoms with van der Waals surface area (Å²) in [5.74, 6) is -0.740. The smallest absolute Gasteiger partial charge is 0.355 e. The lowest BCUT2D eigenvalue weighted by molar-refractivity contribution is -0.136. The molecule has 0 saturated heterocycles. The van der Waals surface area contributed by atoms with E-state index in [0.717, 1.165) is 10.0 Å². The molecule has 2 heterocycles. The lowest BCUT2D eigenvalue weighted by Crippen LogP contribution is -2.32. The van der Waals surface area contributed by atoms with Gasteiger partial charge in [-0.25, -0.2) is 4.79 Å². The highest BCUT2D eigenvalue weighted by atomic mass is 79.9. The van der Waals surface area contributed by atoms with E-state index in [1.165, 1.54) is 11.8 Å². The Morgan fingerprint density at radius 2 is 1.82 bits per heavy atom. The molecule has 8 nitrogen and oxygen atoms in total. The lowest BCUT2D eigenvalue weighted by Gasteiger charge is -2.28. The van der Waals surface area contributed by atoms with Crippen LogP contribution in [-0.4, -0.2) is 39.1 Å². The van der Waals surface area contributed by atoms with Crippen molar-refractivity contribution in [3.63, 3.8) is 0 Å². The van der Waals surface area contributed by atoms with E-state index in [4.69, 9.17) is 4.74 Å². The van der Waals surface area contributed by atoms with Crippen molar-refractivity contribution in [1.29, 1.82) is 0 Å². The number of nitrogens with one attached hydrogen (secondary N) is 1. The molecule has 0 saturated carbocycles. The van der Waals surface area contributed by atoms with Gasteiger partial charge in [-0.3, -0.25) is 4.79 Å². The molecular weight excluding hydrogens is 426 g/mol. The number of hydrogen-bond acceptors (Lipinski definition) is 7. The highest BCUT2D eigenvalue weighted by Gasteiger charge is 2.38. The fourth-order valence-electron chi connectivity index (χ4n) is 3.09. The van der Waals surface area contributed by atoms with Gasteiger partial charge in [0.1, 0.15) is 11.7 Å². The molecule has 1 atom stereocenters. The second-order valence-corrected chi connectivity index (χ2v) is 6.92. The van der Waals surface area contributed by atoms with Crippen molar-refractivity contribution in [2.45, 2.75) is 6.04 Å². The van der Waals surface area contributed by atoms with Gasteiger partial charge >= 0.3 is 5.97 Å². The maximum Gasteiger partial charge on any atom is 0.355 e. The molecule has 4 rings (SSSR count). The first-order valence-corrected chi connectivity index (χ1v) is 9.12. The number of halogens is 1. The molecule has 1 N–H and O–H groups in total. The lowest BCUT2D eigenvalue weighted by atomic mass is 9.89. The first-order valence-electron chi connectivity index (χ1n) is 8.32. The molecule has 0 amide bonds. The molecule has 140 valence electrons. The molecule has 0 spiro atoms. The molecule has 0 aliphatic carbocycles. The minimum Gasteiger partial charge on any atom is -0.464 e. The SMILES string of the molecule is COC(=O)C1=C(C(=O)c2ccccc2)C(c2ccc(Br)cc2)n2nnnc2N1. The van der Waals surface area contributed by atoms with Crippen molar-refractivity contribution in [3.05, 3.63) is 81.5 Å². The average molecular weight is 440 g/mol. The molecule has 1 aliphatic rings. The fourth-order valence-corrected chi connectivity index (χ4v) is 3.35. The van der Waals surface area contributed by atoms with Gasteiger partial charge in [0.15, 0.2) is 5.78 Å². The summed E-state index contributed by atoms with van der Waals surface area (Å²) >= 11 is 3.41. The Balaban J connectivity index is 1.95. The van der Waals surface area contributed by atoms with Crippen molar-refractivity contribution >= 4 is 33.6 Å². The Kier molecular flexibility index (Phi) is 4.74. The highest BCUT2D eigenvalue weighted by molar-refractivity contribution is 9.10. The number of tetrazole rings is 1. The van der Waals surface area contributed by atoms with Crippen LogP contribution in [0.5, 0.6) is 0 Å². The van der Waals surface area contributed by atoms with Gasteiger partial charge in [0.05, 0.1) is 12.7 Å². The van der Waals surface area contributed by atoms with Gasteiger partial charge in [-0.2, -0.15) is 4.68 Å². The summed E-state index contributed by atoms with van der Waals surface area (Å²) in [6, 6.07) is 15.4. The Morgan fingerprint density at radius 3 is 2.50 bits per heavy atom. The molecule has 0 bridgehead atoms. The number of carbonyl (C=O) groups excluding carboxylic acids is 2. The second-order valence-electron chi connectivity index (χ2n) is 6.00. The van der Waals surface area contributed by atoms with Gasteiger partial charge in [-0.1, -0.05) is 63.5 Å². The van der Waals surface area contributed by atoms with E-state index in [1.54, 1.807) is 24.3 Å². The van der Waals surface area contributed by atoms with Crippen LogP contribution in [0.3, 0.4) is 0 Å². The van der Waals surface area contributed by atoms with Crippen LogP contribution in [-0.2, 0) is 9.53 Å². The fraction of sp³-hybridized carbons (Fsp3) is 0.105. The number of hydrogen-bond donors (Lipinski definition) is 1. The third kappa shape index (κ3) is 3.09. The summed E-state index contributed by atoms with van der Waals surface area (Å²) in [5, 5.41) is 14.5. The van der Waals surface area contributed by atoms with Crippen molar-refractivity contribution in [1.82, 2.24) is 20.2 Å². The molecule has 2 aromatic carbocycles. The number of anilines is 1. The molecule has 0 radical (unpaired) electrons. The number of benzene rings is 2. The number of Topliss-reactive ketones (excluding diaryl/α,β-unsaturated/α-hetero) is 1. The number of esters is 1. The van der Waals surface area contributed by atoms with E-state index in [9.17, 15) is 9.59 Å². The third-order valence-corrected chi connectivity index (χ3v) is 4.90. The summed E-state index contributed by atoms with van der Waals surface area (Å²) in [6.45, 7) is 0. The predicted octanol–water partition coefficient (Wildman–Crippen LogP) is 2.76. The Hall–Kier alpha value is -3.33. The van der Waals surface area contributed by atoms with E-state index >= 15 is 0 Å². The predicted molar refractivity (Wildman–Crippen MR) is 104 cm³/mol.